The monoisotopic (exact) mass is 337 g/mol. The molecule has 1 aliphatic rings. The number of carbonyl (C=O) groups is 1. The van der Waals surface area contributed by atoms with E-state index in [4.69, 9.17) is 0 Å². The molecule has 2 heterocycles. The standard InChI is InChI=1S/C20H16FNOS/c21-16-9-7-15(8-10-16)19-17-5-2-1-4-14(17)11-12-22(19)20(23)18-6-3-13-24-18/h1-10,13,19H,11-12H2/t19-/m0/s1. The first-order valence-corrected chi connectivity index (χ1v) is 8.80. The third-order valence-electron chi connectivity index (χ3n) is 4.46. The first-order valence-electron chi connectivity index (χ1n) is 7.92. The third kappa shape index (κ3) is 2.63. The molecular formula is C20H16FNOS. The molecule has 2 aromatic carbocycles. The Bertz CT molecular complexity index is 858. The molecule has 0 spiro atoms. The molecule has 0 bridgehead atoms. The Balaban J connectivity index is 1.81. The molecule has 1 aromatic heterocycles. The largest absolute Gasteiger partial charge is 0.326 e. The van der Waals surface area contributed by atoms with Crippen LogP contribution in [0, 0.1) is 5.82 Å². The van der Waals surface area contributed by atoms with Gasteiger partial charge in [-0.05, 0) is 46.7 Å². The summed E-state index contributed by atoms with van der Waals surface area (Å²) in [6, 6.07) is 18.2. The highest BCUT2D eigenvalue weighted by molar-refractivity contribution is 7.12. The molecule has 1 amide bonds. The highest BCUT2D eigenvalue weighted by Gasteiger charge is 2.32. The maximum atomic E-state index is 13.3. The van der Waals surface area contributed by atoms with Gasteiger partial charge in [-0.3, -0.25) is 4.79 Å². The molecule has 3 aromatic rings. The first kappa shape index (κ1) is 15.1. The minimum absolute atomic E-state index is 0.0360. The predicted octanol–water partition coefficient (Wildman–Crippen LogP) is 4.68. The van der Waals surface area contributed by atoms with Crippen molar-refractivity contribution in [2.45, 2.75) is 12.5 Å². The number of amides is 1. The quantitative estimate of drug-likeness (QED) is 0.665. The number of hydrogen-bond acceptors (Lipinski definition) is 2. The van der Waals surface area contributed by atoms with E-state index in [0.717, 1.165) is 22.4 Å². The van der Waals surface area contributed by atoms with Gasteiger partial charge in [0.25, 0.3) is 5.91 Å². The Morgan fingerprint density at radius 3 is 2.58 bits per heavy atom. The van der Waals surface area contributed by atoms with Gasteiger partial charge in [0.2, 0.25) is 0 Å². The van der Waals surface area contributed by atoms with Crippen LogP contribution in [0.15, 0.2) is 66.0 Å². The molecule has 0 saturated heterocycles. The average Bonchev–Trinajstić information content (AvgIpc) is 3.16. The van der Waals surface area contributed by atoms with Gasteiger partial charge < -0.3 is 4.90 Å². The molecule has 24 heavy (non-hydrogen) atoms. The van der Waals surface area contributed by atoms with E-state index in [1.54, 1.807) is 12.1 Å². The molecule has 4 heteroatoms. The number of thiophene rings is 1. The van der Waals surface area contributed by atoms with E-state index in [1.807, 2.05) is 34.5 Å². The zero-order valence-corrected chi connectivity index (χ0v) is 13.8. The normalized spacial score (nSPS) is 16.7. The maximum Gasteiger partial charge on any atom is 0.264 e. The van der Waals surface area contributed by atoms with Gasteiger partial charge in [0.1, 0.15) is 5.82 Å². The van der Waals surface area contributed by atoms with Crippen LogP contribution >= 0.6 is 11.3 Å². The number of nitrogens with zero attached hydrogens (tertiary/aromatic N) is 1. The summed E-state index contributed by atoms with van der Waals surface area (Å²) in [5, 5.41) is 1.91. The van der Waals surface area contributed by atoms with E-state index >= 15 is 0 Å². The van der Waals surface area contributed by atoms with Gasteiger partial charge in [-0.15, -0.1) is 11.3 Å². The molecular weight excluding hydrogens is 321 g/mol. The lowest BCUT2D eigenvalue weighted by Gasteiger charge is -2.37. The van der Waals surface area contributed by atoms with Gasteiger partial charge in [0.15, 0.2) is 0 Å². The number of carbonyl (C=O) groups excluding carboxylic acids is 1. The molecule has 4 rings (SSSR count). The van der Waals surface area contributed by atoms with Crippen molar-refractivity contribution in [2.75, 3.05) is 6.54 Å². The fourth-order valence-corrected chi connectivity index (χ4v) is 4.01. The second-order valence-corrected chi connectivity index (χ2v) is 6.83. The molecule has 0 radical (unpaired) electrons. The van der Waals surface area contributed by atoms with Gasteiger partial charge in [0.05, 0.1) is 10.9 Å². The van der Waals surface area contributed by atoms with Crippen LogP contribution in [0.1, 0.15) is 32.4 Å². The Labute approximate surface area is 144 Å². The first-order chi connectivity index (χ1) is 11.7. The van der Waals surface area contributed by atoms with Crippen molar-refractivity contribution in [3.63, 3.8) is 0 Å². The Kier molecular flexibility index (Phi) is 3.90. The summed E-state index contributed by atoms with van der Waals surface area (Å²) in [7, 11) is 0. The van der Waals surface area contributed by atoms with Crippen LogP contribution in [-0.2, 0) is 6.42 Å². The molecule has 1 atom stereocenters. The summed E-state index contributed by atoms with van der Waals surface area (Å²) >= 11 is 1.45. The van der Waals surface area contributed by atoms with E-state index in [-0.39, 0.29) is 17.8 Å². The van der Waals surface area contributed by atoms with E-state index in [0.29, 0.717) is 6.54 Å². The summed E-state index contributed by atoms with van der Waals surface area (Å²) in [4.78, 5) is 15.6. The van der Waals surface area contributed by atoms with Crippen LogP contribution in [-0.4, -0.2) is 17.4 Å². The minimum atomic E-state index is -0.265. The zero-order valence-electron chi connectivity index (χ0n) is 13.0. The van der Waals surface area contributed by atoms with Crippen LogP contribution in [0.25, 0.3) is 0 Å². The molecule has 0 fully saturated rings. The second kappa shape index (κ2) is 6.21. The molecule has 2 nitrogen and oxygen atoms in total. The number of benzene rings is 2. The third-order valence-corrected chi connectivity index (χ3v) is 5.32. The van der Waals surface area contributed by atoms with Crippen LogP contribution in [0.3, 0.4) is 0 Å². The Morgan fingerprint density at radius 1 is 1.04 bits per heavy atom. The summed E-state index contributed by atoms with van der Waals surface area (Å²) in [5.74, 6) is -0.229. The number of hydrogen-bond donors (Lipinski definition) is 0. The Hall–Kier alpha value is -2.46. The number of rotatable bonds is 2. The van der Waals surface area contributed by atoms with Crippen LogP contribution in [0.4, 0.5) is 4.39 Å². The fraction of sp³-hybridized carbons (Fsp3) is 0.150. The highest BCUT2D eigenvalue weighted by atomic mass is 32.1. The minimum Gasteiger partial charge on any atom is -0.326 e. The summed E-state index contributed by atoms with van der Waals surface area (Å²) in [6.45, 7) is 0.662. The van der Waals surface area contributed by atoms with Gasteiger partial charge >= 0.3 is 0 Å². The number of fused-ring (bicyclic) bond motifs is 1. The summed E-state index contributed by atoms with van der Waals surface area (Å²) in [5.41, 5.74) is 3.32. The molecule has 0 aliphatic carbocycles. The molecule has 1 aliphatic heterocycles. The highest BCUT2D eigenvalue weighted by Crippen LogP contribution is 2.36. The fourth-order valence-electron chi connectivity index (χ4n) is 3.33. The lowest BCUT2D eigenvalue weighted by molar-refractivity contribution is 0.0699. The number of halogens is 1. The van der Waals surface area contributed by atoms with Crippen molar-refractivity contribution in [3.05, 3.63) is 93.4 Å². The van der Waals surface area contributed by atoms with Gasteiger partial charge in [-0.1, -0.05) is 42.5 Å². The lowest BCUT2D eigenvalue weighted by Crippen LogP contribution is -2.40. The van der Waals surface area contributed by atoms with E-state index in [9.17, 15) is 9.18 Å². The van der Waals surface area contributed by atoms with E-state index < -0.39 is 0 Å². The van der Waals surface area contributed by atoms with Crippen LogP contribution in [0.5, 0.6) is 0 Å². The zero-order chi connectivity index (χ0) is 16.5. The molecule has 0 N–H and O–H groups in total. The molecule has 0 unspecified atom stereocenters. The molecule has 0 saturated carbocycles. The summed E-state index contributed by atoms with van der Waals surface area (Å²) in [6.07, 6.45) is 0.838. The van der Waals surface area contributed by atoms with Crippen molar-refractivity contribution < 1.29 is 9.18 Å². The SMILES string of the molecule is O=C(c1cccs1)N1CCc2ccccc2[C@@H]1c1ccc(F)cc1. The van der Waals surface area contributed by atoms with Gasteiger partial charge in [0, 0.05) is 6.54 Å². The van der Waals surface area contributed by atoms with Crippen molar-refractivity contribution in [1.29, 1.82) is 0 Å². The Morgan fingerprint density at radius 2 is 1.83 bits per heavy atom. The average molecular weight is 337 g/mol. The van der Waals surface area contributed by atoms with Crippen LogP contribution < -0.4 is 0 Å². The van der Waals surface area contributed by atoms with E-state index in [1.165, 1.54) is 29.0 Å². The van der Waals surface area contributed by atoms with Crippen molar-refractivity contribution >= 4 is 17.2 Å². The van der Waals surface area contributed by atoms with Crippen molar-refractivity contribution in [2.24, 2.45) is 0 Å². The van der Waals surface area contributed by atoms with E-state index in [2.05, 4.69) is 12.1 Å². The van der Waals surface area contributed by atoms with Gasteiger partial charge in [-0.2, -0.15) is 0 Å². The second-order valence-electron chi connectivity index (χ2n) is 5.88. The van der Waals surface area contributed by atoms with Crippen molar-refractivity contribution in [1.82, 2.24) is 4.90 Å². The summed E-state index contributed by atoms with van der Waals surface area (Å²) < 4.78 is 13.3. The van der Waals surface area contributed by atoms with Crippen molar-refractivity contribution in [3.8, 4) is 0 Å². The smallest absolute Gasteiger partial charge is 0.264 e. The topological polar surface area (TPSA) is 20.3 Å². The van der Waals surface area contributed by atoms with Gasteiger partial charge in [-0.25, -0.2) is 4.39 Å². The van der Waals surface area contributed by atoms with Crippen LogP contribution in [0.2, 0.25) is 0 Å². The maximum absolute atomic E-state index is 13.3. The molecule has 120 valence electrons. The lowest BCUT2D eigenvalue weighted by atomic mass is 9.88. The predicted molar refractivity (Wildman–Crippen MR) is 93.7 cm³/mol.